The smallest absolute Gasteiger partial charge is 0.376 e. The van der Waals surface area contributed by atoms with E-state index in [0.29, 0.717) is 0 Å². The fraction of sp³-hybridized carbons (Fsp3) is 0.667. The molecule has 16 heavy (non-hydrogen) atoms. The molecular formula is C9H15BBrN3OS. The van der Waals surface area contributed by atoms with Gasteiger partial charge in [-0.05, 0) is 22.8 Å². The highest BCUT2D eigenvalue weighted by molar-refractivity contribution is 9.11. The van der Waals surface area contributed by atoms with Crippen molar-refractivity contribution in [2.75, 3.05) is 26.2 Å². The van der Waals surface area contributed by atoms with E-state index in [1.807, 2.05) is 6.82 Å². The monoisotopic (exact) mass is 303 g/mol. The minimum atomic E-state index is -0.324. The van der Waals surface area contributed by atoms with Crippen LogP contribution in [0.3, 0.4) is 0 Å². The molecule has 2 heterocycles. The lowest BCUT2D eigenvalue weighted by Gasteiger charge is -2.34. The molecule has 1 aromatic heterocycles. The van der Waals surface area contributed by atoms with Crippen LogP contribution >= 0.6 is 27.3 Å². The molecule has 4 nitrogen and oxygen atoms in total. The van der Waals surface area contributed by atoms with Gasteiger partial charge in [0.05, 0.1) is 5.69 Å². The number of aromatic nitrogens is 1. The Morgan fingerprint density at radius 1 is 1.50 bits per heavy atom. The van der Waals surface area contributed by atoms with E-state index in [1.54, 1.807) is 11.3 Å². The Labute approximate surface area is 109 Å². The molecule has 1 N–H and O–H groups in total. The Bertz CT molecular complexity index is 341. The molecule has 1 aliphatic heterocycles. The van der Waals surface area contributed by atoms with Crippen LogP contribution in [0.25, 0.3) is 0 Å². The van der Waals surface area contributed by atoms with Gasteiger partial charge in [0.1, 0.15) is 0 Å². The summed E-state index contributed by atoms with van der Waals surface area (Å²) >= 11 is 5.00. The second kappa shape index (κ2) is 5.60. The summed E-state index contributed by atoms with van der Waals surface area (Å²) in [7, 11) is -0.324. The molecule has 88 valence electrons. The van der Waals surface area contributed by atoms with Crippen LogP contribution in [0.1, 0.15) is 5.69 Å². The Kier molecular flexibility index (Phi) is 4.37. The van der Waals surface area contributed by atoms with Crippen molar-refractivity contribution >= 4 is 34.3 Å². The molecule has 0 amide bonds. The molecule has 0 atom stereocenters. The first-order valence-electron chi connectivity index (χ1n) is 5.39. The number of piperazine rings is 1. The van der Waals surface area contributed by atoms with Crippen molar-refractivity contribution in [1.82, 2.24) is 14.7 Å². The molecule has 0 spiro atoms. The van der Waals surface area contributed by atoms with Crippen molar-refractivity contribution in [2.24, 2.45) is 0 Å². The van der Waals surface area contributed by atoms with Crippen molar-refractivity contribution in [2.45, 2.75) is 13.4 Å². The van der Waals surface area contributed by atoms with Gasteiger partial charge in [-0.25, -0.2) is 4.98 Å². The third-order valence-electron chi connectivity index (χ3n) is 2.84. The lowest BCUT2D eigenvalue weighted by atomic mass is 9.84. The van der Waals surface area contributed by atoms with Gasteiger partial charge in [0.15, 0.2) is 3.92 Å². The predicted molar refractivity (Wildman–Crippen MR) is 70.5 cm³/mol. The largest absolute Gasteiger partial charge is 0.437 e. The summed E-state index contributed by atoms with van der Waals surface area (Å²) in [6, 6.07) is 0. The highest BCUT2D eigenvalue weighted by Gasteiger charge is 2.22. The number of halogens is 1. The second-order valence-electron chi connectivity index (χ2n) is 4.04. The maximum Gasteiger partial charge on any atom is 0.376 e. The van der Waals surface area contributed by atoms with Gasteiger partial charge >= 0.3 is 7.05 Å². The third-order valence-corrected chi connectivity index (χ3v) is 4.26. The van der Waals surface area contributed by atoms with Gasteiger partial charge in [-0.1, -0.05) is 0 Å². The maximum absolute atomic E-state index is 9.45. The van der Waals surface area contributed by atoms with E-state index in [1.165, 1.54) is 0 Å². The van der Waals surface area contributed by atoms with Gasteiger partial charge in [0.2, 0.25) is 0 Å². The fourth-order valence-corrected chi connectivity index (χ4v) is 2.92. The minimum absolute atomic E-state index is 0.324. The Morgan fingerprint density at radius 3 is 2.69 bits per heavy atom. The highest BCUT2D eigenvalue weighted by Crippen LogP contribution is 2.17. The molecule has 0 aliphatic carbocycles. The van der Waals surface area contributed by atoms with E-state index in [4.69, 9.17) is 0 Å². The van der Waals surface area contributed by atoms with E-state index >= 15 is 0 Å². The molecule has 0 unspecified atom stereocenters. The minimum Gasteiger partial charge on any atom is -0.437 e. The molecule has 0 bridgehead atoms. The lowest BCUT2D eigenvalue weighted by molar-refractivity contribution is 0.168. The van der Waals surface area contributed by atoms with E-state index < -0.39 is 0 Å². The van der Waals surface area contributed by atoms with Crippen LogP contribution < -0.4 is 0 Å². The Hall–Kier alpha value is 0.0549. The van der Waals surface area contributed by atoms with Gasteiger partial charge in [-0.15, -0.1) is 11.3 Å². The van der Waals surface area contributed by atoms with E-state index in [-0.39, 0.29) is 7.05 Å². The van der Waals surface area contributed by atoms with Crippen molar-refractivity contribution in [3.8, 4) is 0 Å². The number of nitrogens with zero attached hydrogens (tertiary/aromatic N) is 3. The fourth-order valence-electron chi connectivity index (χ4n) is 1.88. The Balaban J connectivity index is 1.81. The molecule has 1 fully saturated rings. The van der Waals surface area contributed by atoms with Crippen LogP contribution in [-0.2, 0) is 6.54 Å². The van der Waals surface area contributed by atoms with Gasteiger partial charge < -0.3 is 9.83 Å². The Morgan fingerprint density at radius 2 is 2.19 bits per heavy atom. The zero-order valence-electron chi connectivity index (χ0n) is 9.27. The SMILES string of the molecule is CB(O)N1CCN(Cc2csc(Br)n2)CC1. The predicted octanol–water partition coefficient (Wildman–Crippen LogP) is 1.13. The van der Waals surface area contributed by atoms with Crippen LogP contribution in [-0.4, -0.2) is 52.9 Å². The third kappa shape index (κ3) is 3.27. The molecule has 0 aromatic carbocycles. The number of hydrogen-bond acceptors (Lipinski definition) is 5. The summed E-state index contributed by atoms with van der Waals surface area (Å²) < 4.78 is 0.949. The zero-order chi connectivity index (χ0) is 11.5. The van der Waals surface area contributed by atoms with Gasteiger partial charge in [0.25, 0.3) is 0 Å². The van der Waals surface area contributed by atoms with E-state index in [9.17, 15) is 5.02 Å². The first-order chi connectivity index (χ1) is 7.65. The summed E-state index contributed by atoms with van der Waals surface area (Å²) in [6.45, 7) is 6.61. The number of hydrogen-bond donors (Lipinski definition) is 1. The van der Waals surface area contributed by atoms with Crippen LogP contribution in [0, 0.1) is 0 Å². The van der Waals surface area contributed by atoms with Crippen molar-refractivity contribution in [3.63, 3.8) is 0 Å². The van der Waals surface area contributed by atoms with Crippen LogP contribution in [0.5, 0.6) is 0 Å². The van der Waals surface area contributed by atoms with Crippen molar-refractivity contribution in [3.05, 3.63) is 15.0 Å². The molecule has 7 heteroatoms. The van der Waals surface area contributed by atoms with Gasteiger partial charge in [-0.3, -0.25) is 4.90 Å². The maximum atomic E-state index is 9.45. The molecule has 1 saturated heterocycles. The lowest BCUT2D eigenvalue weighted by Crippen LogP contribution is -2.51. The molecule has 0 radical (unpaired) electrons. The quantitative estimate of drug-likeness (QED) is 0.850. The average molecular weight is 304 g/mol. The first-order valence-corrected chi connectivity index (χ1v) is 7.07. The summed E-state index contributed by atoms with van der Waals surface area (Å²) in [4.78, 5) is 8.86. The zero-order valence-corrected chi connectivity index (χ0v) is 11.7. The topological polar surface area (TPSA) is 39.6 Å². The van der Waals surface area contributed by atoms with Crippen molar-refractivity contribution in [1.29, 1.82) is 0 Å². The average Bonchev–Trinajstić information content (AvgIpc) is 2.65. The normalized spacial score (nSPS) is 18.9. The van der Waals surface area contributed by atoms with E-state index in [0.717, 1.165) is 42.3 Å². The molecule has 2 rings (SSSR count). The van der Waals surface area contributed by atoms with Gasteiger partial charge in [-0.2, -0.15) is 0 Å². The van der Waals surface area contributed by atoms with Gasteiger partial charge in [0, 0.05) is 38.1 Å². The summed E-state index contributed by atoms with van der Waals surface area (Å²) in [5.74, 6) is 0. The standard InChI is InChI=1S/C9H15BBrN3OS/c1-10(15)14-4-2-13(3-5-14)6-8-7-16-9(11)12-8/h7,15H,2-6H2,1H3. The summed E-state index contributed by atoms with van der Waals surface area (Å²) in [6.07, 6.45) is 0. The van der Waals surface area contributed by atoms with Crippen LogP contribution in [0.15, 0.2) is 9.30 Å². The number of rotatable bonds is 3. The second-order valence-corrected chi connectivity index (χ2v) is 6.17. The summed E-state index contributed by atoms with van der Waals surface area (Å²) in [5, 5.41) is 11.5. The first kappa shape index (κ1) is 12.5. The van der Waals surface area contributed by atoms with Crippen LogP contribution in [0.2, 0.25) is 6.82 Å². The molecule has 1 aliphatic rings. The molecular weight excluding hydrogens is 289 g/mol. The number of thiazole rings is 1. The van der Waals surface area contributed by atoms with E-state index in [2.05, 4.69) is 36.0 Å². The molecule has 1 aromatic rings. The summed E-state index contributed by atoms with van der Waals surface area (Å²) in [5.41, 5.74) is 1.13. The van der Waals surface area contributed by atoms with Crippen molar-refractivity contribution < 1.29 is 5.02 Å². The molecule has 0 saturated carbocycles. The van der Waals surface area contributed by atoms with Crippen LogP contribution in [0.4, 0.5) is 0 Å². The highest BCUT2D eigenvalue weighted by atomic mass is 79.9.